The van der Waals surface area contributed by atoms with Crippen LogP contribution in [0.25, 0.3) is 0 Å². The topological polar surface area (TPSA) is 55.2 Å². The summed E-state index contributed by atoms with van der Waals surface area (Å²) in [6.45, 7) is 2.78. The molecule has 1 saturated carbocycles. The highest BCUT2D eigenvalue weighted by Gasteiger charge is 2.20. The van der Waals surface area contributed by atoms with Gasteiger partial charge in [0.1, 0.15) is 0 Å². The van der Waals surface area contributed by atoms with Crippen LogP contribution >= 0.6 is 0 Å². The maximum absolute atomic E-state index is 10.9. The van der Waals surface area contributed by atoms with Gasteiger partial charge in [-0.2, -0.15) is 0 Å². The van der Waals surface area contributed by atoms with E-state index in [2.05, 4.69) is 12.2 Å². The van der Waals surface area contributed by atoms with Gasteiger partial charge in [-0.3, -0.25) is 10.1 Å². The molecule has 1 aromatic rings. The molecule has 1 N–H and O–H groups in total. The molecule has 0 radical (unpaired) electrons. The zero-order chi connectivity index (χ0) is 13.7. The van der Waals surface area contributed by atoms with Crippen LogP contribution in [0.2, 0.25) is 0 Å². The predicted molar refractivity (Wildman–Crippen MR) is 76.0 cm³/mol. The minimum Gasteiger partial charge on any atom is -0.310 e. The summed E-state index contributed by atoms with van der Waals surface area (Å²) in [6.07, 6.45) is 6.56. The number of benzene rings is 1. The van der Waals surface area contributed by atoms with Crippen molar-refractivity contribution >= 4 is 5.69 Å². The third-order valence-corrected chi connectivity index (χ3v) is 4.16. The lowest BCUT2D eigenvalue weighted by Crippen LogP contribution is -2.34. The van der Waals surface area contributed by atoms with Crippen molar-refractivity contribution in [1.82, 2.24) is 5.32 Å². The van der Waals surface area contributed by atoms with E-state index in [1.807, 2.05) is 12.1 Å². The van der Waals surface area contributed by atoms with Crippen LogP contribution < -0.4 is 5.32 Å². The van der Waals surface area contributed by atoms with Crippen LogP contribution in [0.3, 0.4) is 0 Å². The van der Waals surface area contributed by atoms with E-state index in [9.17, 15) is 10.1 Å². The molecule has 1 aliphatic rings. The van der Waals surface area contributed by atoms with Crippen LogP contribution in [0.4, 0.5) is 5.69 Å². The first-order chi connectivity index (χ1) is 9.18. The van der Waals surface area contributed by atoms with Crippen LogP contribution in [-0.2, 0) is 6.54 Å². The van der Waals surface area contributed by atoms with E-state index in [1.165, 1.54) is 32.1 Å². The number of nitro groups is 1. The Balaban J connectivity index is 1.92. The van der Waals surface area contributed by atoms with Gasteiger partial charge in [-0.05, 0) is 25.7 Å². The summed E-state index contributed by atoms with van der Waals surface area (Å²) in [5.74, 6) is 0.719. The highest BCUT2D eigenvalue weighted by Crippen LogP contribution is 2.26. The molecule has 0 aromatic heterocycles. The molecule has 1 fully saturated rings. The molecule has 1 aromatic carbocycles. The molecular formula is C15H22N2O2. The van der Waals surface area contributed by atoms with Crippen LogP contribution in [0.5, 0.6) is 0 Å². The normalized spacial score (nSPS) is 18.2. The summed E-state index contributed by atoms with van der Waals surface area (Å²) in [7, 11) is 0. The van der Waals surface area contributed by atoms with Crippen molar-refractivity contribution in [3.8, 4) is 0 Å². The molecule has 2 rings (SSSR count). The van der Waals surface area contributed by atoms with E-state index in [0.717, 1.165) is 11.5 Å². The molecule has 19 heavy (non-hydrogen) atoms. The predicted octanol–water partition coefficient (Wildman–Crippen LogP) is 3.65. The molecule has 4 heteroatoms. The summed E-state index contributed by atoms with van der Waals surface area (Å²) in [6, 6.07) is 7.41. The van der Waals surface area contributed by atoms with Gasteiger partial charge < -0.3 is 5.32 Å². The van der Waals surface area contributed by atoms with E-state index >= 15 is 0 Å². The summed E-state index contributed by atoms with van der Waals surface area (Å²) in [4.78, 5) is 10.6. The maximum Gasteiger partial charge on any atom is 0.273 e. The molecule has 0 heterocycles. The zero-order valence-corrected chi connectivity index (χ0v) is 11.5. The van der Waals surface area contributed by atoms with Gasteiger partial charge >= 0.3 is 0 Å². The van der Waals surface area contributed by atoms with Gasteiger partial charge in [0.25, 0.3) is 5.69 Å². The fourth-order valence-electron chi connectivity index (χ4n) is 2.91. The van der Waals surface area contributed by atoms with Gasteiger partial charge in [0.15, 0.2) is 0 Å². The number of hydrogen-bond donors (Lipinski definition) is 1. The van der Waals surface area contributed by atoms with Crippen LogP contribution in [-0.4, -0.2) is 11.0 Å². The third-order valence-electron chi connectivity index (χ3n) is 4.16. The number of hydrogen-bond acceptors (Lipinski definition) is 3. The quantitative estimate of drug-likeness (QED) is 0.651. The second kappa shape index (κ2) is 6.66. The number of nitrogens with zero attached hydrogens (tertiary/aromatic N) is 1. The molecule has 1 atom stereocenters. The Morgan fingerprint density at radius 1 is 1.32 bits per heavy atom. The number of nitrogens with one attached hydrogen (secondary N) is 1. The fraction of sp³-hybridized carbons (Fsp3) is 0.600. The minimum atomic E-state index is -0.303. The highest BCUT2D eigenvalue weighted by molar-refractivity contribution is 5.39. The van der Waals surface area contributed by atoms with Gasteiger partial charge in [-0.15, -0.1) is 0 Å². The Morgan fingerprint density at radius 3 is 2.68 bits per heavy atom. The fourth-order valence-corrected chi connectivity index (χ4v) is 2.91. The van der Waals surface area contributed by atoms with Crippen molar-refractivity contribution in [2.75, 3.05) is 0 Å². The minimum absolute atomic E-state index is 0.214. The molecule has 4 nitrogen and oxygen atoms in total. The second-order valence-corrected chi connectivity index (χ2v) is 5.45. The average molecular weight is 262 g/mol. The molecule has 0 aliphatic heterocycles. The largest absolute Gasteiger partial charge is 0.310 e. The first kappa shape index (κ1) is 14.0. The molecule has 0 saturated heterocycles. The molecular weight excluding hydrogens is 240 g/mol. The Labute approximate surface area is 114 Å². The summed E-state index contributed by atoms with van der Waals surface area (Å²) < 4.78 is 0. The standard InChI is InChI=1S/C15H22N2O2/c1-12(13-7-3-2-4-8-13)16-11-14-9-5-6-10-15(14)17(18)19/h5-6,9-10,12-13,16H,2-4,7-8,11H2,1H3/t12-/m0/s1. The van der Waals surface area contributed by atoms with Gasteiger partial charge in [0.2, 0.25) is 0 Å². The molecule has 0 bridgehead atoms. The van der Waals surface area contributed by atoms with Crippen molar-refractivity contribution in [3.05, 3.63) is 39.9 Å². The number of rotatable bonds is 5. The number of para-hydroxylation sites is 1. The van der Waals surface area contributed by atoms with Gasteiger partial charge in [0.05, 0.1) is 4.92 Å². The Hall–Kier alpha value is -1.42. The molecule has 0 spiro atoms. The smallest absolute Gasteiger partial charge is 0.273 e. The lowest BCUT2D eigenvalue weighted by molar-refractivity contribution is -0.385. The van der Waals surface area contributed by atoms with Gasteiger partial charge in [-0.1, -0.05) is 37.5 Å². The first-order valence-corrected chi connectivity index (χ1v) is 7.14. The molecule has 1 aliphatic carbocycles. The zero-order valence-electron chi connectivity index (χ0n) is 11.5. The van der Waals surface area contributed by atoms with E-state index in [1.54, 1.807) is 12.1 Å². The maximum atomic E-state index is 10.9. The van der Waals surface area contributed by atoms with Crippen molar-refractivity contribution in [2.24, 2.45) is 5.92 Å². The SMILES string of the molecule is C[C@H](NCc1ccccc1[N+](=O)[O-])C1CCCCC1. The van der Waals surface area contributed by atoms with Crippen LogP contribution in [0.1, 0.15) is 44.6 Å². The summed E-state index contributed by atoms with van der Waals surface area (Å²) >= 11 is 0. The third kappa shape index (κ3) is 3.77. The van der Waals surface area contributed by atoms with Crippen LogP contribution in [0, 0.1) is 16.0 Å². The summed E-state index contributed by atoms with van der Waals surface area (Å²) in [5.41, 5.74) is 0.987. The van der Waals surface area contributed by atoms with E-state index in [4.69, 9.17) is 0 Å². The van der Waals surface area contributed by atoms with Gasteiger partial charge in [-0.25, -0.2) is 0 Å². The van der Waals surface area contributed by atoms with Gasteiger partial charge in [0, 0.05) is 24.2 Å². The first-order valence-electron chi connectivity index (χ1n) is 7.14. The van der Waals surface area contributed by atoms with Crippen molar-refractivity contribution in [3.63, 3.8) is 0 Å². The monoisotopic (exact) mass is 262 g/mol. The van der Waals surface area contributed by atoms with Crippen LogP contribution in [0.15, 0.2) is 24.3 Å². The number of nitro benzene ring substituents is 1. The Morgan fingerprint density at radius 2 is 2.00 bits per heavy atom. The Bertz CT molecular complexity index is 428. The molecule has 0 unspecified atom stereocenters. The van der Waals surface area contributed by atoms with Crippen molar-refractivity contribution < 1.29 is 4.92 Å². The van der Waals surface area contributed by atoms with E-state index in [-0.39, 0.29) is 10.6 Å². The van der Waals surface area contributed by atoms with E-state index < -0.39 is 0 Å². The second-order valence-electron chi connectivity index (χ2n) is 5.45. The molecule has 0 amide bonds. The van der Waals surface area contributed by atoms with Crippen molar-refractivity contribution in [1.29, 1.82) is 0 Å². The van der Waals surface area contributed by atoms with E-state index in [0.29, 0.717) is 12.6 Å². The highest BCUT2D eigenvalue weighted by atomic mass is 16.6. The lowest BCUT2D eigenvalue weighted by atomic mass is 9.84. The Kier molecular flexibility index (Phi) is 4.91. The average Bonchev–Trinajstić information content (AvgIpc) is 2.46. The summed E-state index contributed by atoms with van der Waals surface area (Å²) in [5, 5.41) is 14.4. The van der Waals surface area contributed by atoms with Crippen molar-refractivity contribution in [2.45, 2.75) is 51.6 Å². The lowest BCUT2D eigenvalue weighted by Gasteiger charge is -2.28. The molecule has 104 valence electrons.